The quantitative estimate of drug-likeness (QED) is 0.832. The lowest BCUT2D eigenvalue weighted by molar-refractivity contribution is -0.138. The second-order valence-electron chi connectivity index (χ2n) is 6.86. The van der Waals surface area contributed by atoms with E-state index in [0.29, 0.717) is 11.1 Å². The number of benzene rings is 1. The number of aromatic nitrogens is 1. The van der Waals surface area contributed by atoms with Crippen LogP contribution < -0.4 is 0 Å². The van der Waals surface area contributed by atoms with Crippen LogP contribution in [0.4, 0.5) is 0 Å². The van der Waals surface area contributed by atoms with Gasteiger partial charge >= 0.3 is 5.97 Å². The van der Waals surface area contributed by atoms with Crippen LogP contribution in [0.25, 0.3) is 11.3 Å². The van der Waals surface area contributed by atoms with Crippen LogP contribution >= 0.6 is 11.6 Å². The van der Waals surface area contributed by atoms with Gasteiger partial charge < -0.3 is 9.63 Å². The van der Waals surface area contributed by atoms with Crippen molar-refractivity contribution in [3.8, 4) is 11.3 Å². The number of rotatable bonds is 6. The number of carboxylic acid groups (broad SMARTS) is 1. The first-order valence-electron chi connectivity index (χ1n) is 8.87. The van der Waals surface area contributed by atoms with E-state index in [4.69, 9.17) is 21.2 Å². The molecule has 7 heteroatoms. The van der Waals surface area contributed by atoms with Crippen LogP contribution in [0.1, 0.15) is 25.0 Å². The summed E-state index contributed by atoms with van der Waals surface area (Å²) in [7, 11) is 1.89. The monoisotopic (exact) mass is 377 g/mol. The molecule has 3 rings (SSSR count). The lowest BCUT2D eigenvalue weighted by Crippen LogP contribution is -2.36. The van der Waals surface area contributed by atoms with E-state index in [1.54, 1.807) is 0 Å². The van der Waals surface area contributed by atoms with Crippen molar-refractivity contribution >= 4 is 17.6 Å². The highest BCUT2D eigenvalue weighted by Crippen LogP contribution is 2.23. The number of halogens is 1. The van der Waals surface area contributed by atoms with Crippen molar-refractivity contribution in [1.29, 1.82) is 0 Å². The third kappa shape index (κ3) is 5.06. The van der Waals surface area contributed by atoms with Gasteiger partial charge in [-0.05, 0) is 45.0 Å². The molecule has 0 radical (unpaired) electrons. The van der Waals surface area contributed by atoms with E-state index < -0.39 is 5.97 Å². The van der Waals surface area contributed by atoms with E-state index in [1.807, 2.05) is 42.3 Å². The van der Waals surface area contributed by atoms with Gasteiger partial charge in [-0.15, -0.1) is 0 Å². The summed E-state index contributed by atoms with van der Waals surface area (Å²) in [6.07, 6.45) is 3.03. The summed E-state index contributed by atoms with van der Waals surface area (Å²) in [6.45, 7) is 2.72. The number of aliphatic carboxylic acids is 1. The van der Waals surface area contributed by atoms with Gasteiger partial charge in [-0.25, -0.2) is 0 Å². The molecule has 1 fully saturated rings. The fourth-order valence-electron chi connectivity index (χ4n) is 3.44. The molecule has 2 heterocycles. The number of carboxylic acids is 1. The number of hydrogen-bond donors (Lipinski definition) is 1. The molecule has 2 aromatic rings. The molecule has 1 N–H and O–H groups in total. The Kier molecular flexibility index (Phi) is 6.29. The van der Waals surface area contributed by atoms with E-state index in [2.05, 4.69) is 10.1 Å². The van der Waals surface area contributed by atoms with E-state index in [1.165, 1.54) is 0 Å². The maximum absolute atomic E-state index is 10.9. The molecule has 0 spiro atoms. The van der Waals surface area contributed by atoms with Gasteiger partial charge in [0.15, 0.2) is 5.76 Å². The molecular weight excluding hydrogens is 354 g/mol. The molecule has 0 bridgehead atoms. The third-order valence-corrected chi connectivity index (χ3v) is 5.13. The normalized spacial score (nSPS) is 18.8. The number of hydrogen-bond acceptors (Lipinski definition) is 5. The van der Waals surface area contributed by atoms with Gasteiger partial charge in [0.25, 0.3) is 0 Å². The molecule has 1 saturated heterocycles. The summed E-state index contributed by atoms with van der Waals surface area (Å²) in [5.41, 5.74) is 1.79. The molecule has 1 aromatic heterocycles. The number of carbonyl (C=O) groups is 1. The van der Waals surface area contributed by atoms with Crippen LogP contribution in [0.2, 0.25) is 5.02 Å². The zero-order chi connectivity index (χ0) is 18.5. The fraction of sp³-hybridized carbons (Fsp3) is 0.474. The molecule has 6 nitrogen and oxygen atoms in total. The first-order valence-corrected chi connectivity index (χ1v) is 9.25. The van der Waals surface area contributed by atoms with Crippen molar-refractivity contribution in [2.45, 2.75) is 31.8 Å². The van der Waals surface area contributed by atoms with Crippen molar-refractivity contribution < 1.29 is 14.4 Å². The molecule has 1 unspecified atom stereocenters. The molecule has 1 aliphatic heterocycles. The van der Waals surface area contributed by atoms with Crippen molar-refractivity contribution in [3.63, 3.8) is 0 Å². The second kappa shape index (κ2) is 8.66. The summed E-state index contributed by atoms with van der Waals surface area (Å²) in [6, 6.07) is 9.83. The summed E-state index contributed by atoms with van der Waals surface area (Å²) in [5, 5.41) is 13.8. The Hall–Kier alpha value is -1.89. The standard InChI is InChI=1S/C19H24ClN3O3/c1-22(13-19(24)25)16-3-2-9-23(10-8-16)12-17-11-18(21-26-17)14-4-6-15(20)7-5-14/h4-7,11,16H,2-3,8-10,12-13H2,1H3,(H,24,25). The predicted molar refractivity (Wildman–Crippen MR) is 100 cm³/mol. The maximum atomic E-state index is 10.9. The van der Waals surface area contributed by atoms with Crippen LogP contribution in [-0.2, 0) is 11.3 Å². The zero-order valence-corrected chi connectivity index (χ0v) is 15.7. The topological polar surface area (TPSA) is 69.8 Å². The zero-order valence-electron chi connectivity index (χ0n) is 14.9. The minimum absolute atomic E-state index is 0.0945. The SMILES string of the molecule is CN(CC(=O)O)C1CCCN(Cc2cc(-c3ccc(Cl)cc3)no2)CC1. The molecule has 1 aliphatic rings. The lowest BCUT2D eigenvalue weighted by Gasteiger charge is -2.25. The summed E-state index contributed by atoms with van der Waals surface area (Å²) >= 11 is 5.92. The first kappa shape index (κ1) is 18.9. The molecule has 0 saturated carbocycles. The molecule has 0 amide bonds. The highest BCUT2D eigenvalue weighted by atomic mass is 35.5. The van der Waals surface area contributed by atoms with Gasteiger partial charge in [0.1, 0.15) is 5.69 Å². The van der Waals surface area contributed by atoms with Crippen LogP contribution in [-0.4, -0.2) is 58.8 Å². The van der Waals surface area contributed by atoms with Crippen LogP contribution in [0.3, 0.4) is 0 Å². The van der Waals surface area contributed by atoms with Gasteiger partial charge in [-0.2, -0.15) is 0 Å². The molecule has 0 aliphatic carbocycles. The van der Waals surface area contributed by atoms with Crippen molar-refractivity contribution in [1.82, 2.24) is 15.0 Å². The van der Waals surface area contributed by atoms with Gasteiger partial charge in [0.05, 0.1) is 13.1 Å². The molecule has 140 valence electrons. The second-order valence-corrected chi connectivity index (χ2v) is 7.29. The minimum Gasteiger partial charge on any atom is -0.480 e. The fourth-order valence-corrected chi connectivity index (χ4v) is 3.57. The number of likely N-dealkylation sites (tertiary alicyclic amines) is 1. The largest absolute Gasteiger partial charge is 0.480 e. The average molecular weight is 378 g/mol. The Morgan fingerprint density at radius 3 is 2.85 bits per heavy atom. The van der Waals surface area contributed by atoms with Gasteiger partial charge in [-0.1, -0.05) is 28.9 Å². The van der Waals surface area contributed by atoms with Crippen LogP contribution in [0.5, 0.6) is 0 Å². The number of nitrogens with zero attached hydrogens (tertiary/aromatic N) is 3. The van der Waals surface area contributed by atoms with Gasteiger partial charge in [0.2, 0.25) is 0 Å². The Balaban J connectivity index is 1.56. The smallest absolute Gasteiger partial charge is 0.317 e. The summed E-state index contributed by atoms with van der Waals surface area (Å²) in [4.78, 5) is 15.2. The third-order valence-electron chi connectivity index (χ3n) is 4.88. The summed E-state index contributed by atoms with van der Waals surface area (Å²) in [5.74, 6) is 0.0669. The van der Waals surface area contributed by atoms with Gasteiger partial charge in [-0.3, -0.25) is 14.6 Å². The van der Waals surface area contributed by atoms with E-state index in [9.17, 15) is 4.79 Å². The van der Waals surface area contributed by atoms with Crippen LogP contribution in [0, 0.1) is 0 Å². The Bertz CT molecular complexity index is 732. The molecule has 26 heavy (non-hydrogen) atoms. The Morgan fingerprint density at radius 1 is 1.35 bits per heavy atom. The average Bonchev–Trinajstić information content (AvgIpc) is 2.93. The van der Waals surface area contributed by atoms with Crippen molar-refractivity contribution in [2.24, 2.45) is 0 Å². The number of likely N-dealkylation sites (N-methyl/N-ethyl adjacent to an activating group) is 1. The molecule has 1 atom stereocenters. The highest BCUT2D eigenvalue weighted by molar-refractivity contribution is 6.30. The van der Waals surface area contributed by atoms with Crippen molar-refractivity contribution in [2.75, 3.05) is 26.7 Å². The summed E-state index contributed by atoms with van der Waals surface area (Å²) < 4.78 is 5.51. The minimum atomic E-state index is -0.773. The Labute approximate surface area is 158 Å². The van der Waals surface area contributed by atoms with E-state index in [-0.39, 0.29) is 6.54 Å². The Morgan fingerprint density at radius 2 is 2.12 bits per heavy atom. The van der Waals surface area contributed by atoms with E-state index in [0.717, 1.165) is 55.9 Å². The predicted octanol–water partition coefficient (Wildman–Crippen LogP) is 3.37. The van der Waals surface area contributed by atoms with Crippen LogP contribution in [0.15, 0.2) is 34.9 Å². The van der Waals surface area contributed by atoms with E-state index >= 15 is 0 Å². The molecule has 1 aromatic carbocycles. The van der Waals surface area contributed by atoms with Crippen molar-refractivity contribution in [3.05, 3.63) is 41.1 Å². The maximum Gasteiger partial charge on any atom is 0.317 e. The first-order chi connectivity index (χ1) is 12.5. The molecular formula is C19H24ClN3O3. The lowest BCUT2D eigenvalue weighted by atomic mass is 10.1. The van der Waals surface area contributed by atoms with Gasteiger partial charge in [0, 0.05) is 29.2 Å². The highest BCUT2D eigenvalue weighted by Gasteiger charge is 2.22.